The van der Waals surface area contributed by atoms with Gasteiger partial charge in [0.1, 0.15) is 0 Å². The molecule has 0 atom stereocenters. The van der Waals surface area contributed by atoms with Gasteiger partial charge in [0, 0.05) is 53.1 Å². The molecule has 0 amide bonds. The fraction of sp³-hybridized carbons (Fsp3) is 0. The zero-order valence-electron chi connectivity index (χ0n) is 26.5. The van der Waals surface area contributed by atoms with Crippen molar-refractivity contribution in [2.75, 3.05) is 0 Å². The standard InChI is InChI=1S/C46H28N2S/c1-2-11-31-28-33(25-20-29(31)10-1)48-40-17-6-3-12-35(40)37-26-27-42-44(45(37)48)39-14-4-7-18-41(39)47(42)32-23-21-30(22-24-32)34-15-9-16-38-36-13-5-8-19-43(36)49-46(34)38/h1-28H. The summed E-state index contributed by atoms with van der Waals surface area (Å²) in [5.74, 6) is 0. The third-order valence-electron chi connectivity index (χ3n) is 10.3. The van der Waals surface area contributed by atoms with Crippen molar-refractivity contribution in [3.8, 4) is 22.5 Å². The molecule has 0 fully saturated rings. The second kappa shape index (κ2) is 10.2. The van der Waals surface area contributed by atoms with Crippen LogP contribution in [0.5, 0.6) is 0 Å². The molecule has 0 aliphatic carbocycles. The Labute approximate surface area is 286 Å². The maximum Gasteiger partial charge on any atom is 0.0641 e. The molecular formula is C46H28N2S. The third-order valence-corrected chi connectivity index (χ3v) is 11.5. The molecular weight excluding hydrogens is 613 g/mol. The molecule has 0 radical (unpaired) electrons. The van der Waals surface area contributed by atoms with E-state index in [1.165, 1.54) is 91.4 Å². The molecule has 2 nitrogen and oxygen atoms in total. The number of hydrogen-bond donors (Lipinski definition) is 0. The molecule has 0 unspecified atom stereocenters. The van der Waals surface area contributed by atoms with Gasteiger partial charge in [-0.3, -0.25) is 0 Å². The molecule has 49 heavy (non-hydrogen) atoms. The van der Waals surface area contributed by atoms with E-state index in [0.29, 0.717) is 0 Å². The number of benzene rings is 8. The van der Waals surface area contributed by atoms with Crippen LogP contribution >= 0.6 is 11.3 Å². The number of aromatic nitrogens is 2. The van der Waals surface area contributed by atoms with E-state index in [9.17, 15) is 0 Å². The zero-order chi connectivity index (χ0) is 32.1. The monoisotopic (exact) mass is 640 g/mol. The maximum atomic E-state index is 2.48. The Morgan fingerprint density at radius 1 is 0.388 bits per heavy atom. The van der Waals surface area contributed by atoms with Crippen LogP contribution in [0.1, 0.15) is 0 Å². The lowest BCUT2D eigenvalue weighted by molar-refractivity contribution is 1.18. The van der Waals surface area contributed by atoms with Gasteiger partial charge in [0.05, 0.1) is 22.1 Å². The summed E-state index contributed by atoms with van der Waals surface area (Å²) in [6.45, 7) is 0. The van der Waals surface area contributed by atoms with Crippen LogP contribution in [0, 0.1) is 0 Å². The molecule has 0 saturated carbocycles. The average Bonchev–Trinajstić information content (AvgIpc) is 3.82. The molecule has 3 aromatic heterocycles. The summed E-state index contributed by atoms with van der Waals surface area (Å²) in [6.07, 6.45) is 0. The van der Waals surface area contributed by atoms with Gasteiger partial charge in [-0.2, -0.15) is 0 Å². The third kappa shape index (κ3) is 3.82. The molecule has 0 saturated heterocycles. The van der Waals surface area contributed by atoms with Crippen LogP contribution in [-0.4, -0.2) is 9.13 Å². The highest BCUT2D eigenvalue weighted by atomic mass is 32.1. The van der Waals surface area contributed by atoms with Gasteiger partial charge in [0.15, 0.2) is 0 Å². The van der Waals surface area contributed by atoms with Crippen molar-refractivity contribution in [3.05, 3.63) is 170 Å². The van der Waals surface area contributed by atoms with Gasteiger partial charge in [-0.15, -0.1) is 11.3 Å². The van der Waals surface area contributed by atoms with E-state index in [4.69, 9.17) is 0 Å². The Bertz CT molecular complexity index is 3100. The SMILES string of the molecule is c1ccc2cc(-n3c4ccccc4c4ccc5c(c6ccccc6n5-c5ccc(-c6cccc7c6sc6ccccc67)cc5)c43)ccc2c1. The lowest BCUT2D eigenvalue weighted by Gasteiger charge is -2.11. The van der Waals surface area contributed by atoms with Crippen LogP contribution < -0.4 is 0 Å². The molecule has 0 N–H and O–H groups in total. The van der Waals surface area contributed by atoms with Crippen molar-refractivity contribution >= 4 is 85.9 Å². The molecule has 228 valence electrons. The minimum atomic E-state index is 1.16. The van der Waals surface area contributed by atoms with Gasteiger partial charge >= 0.3 is 0 Å². The first-order valence-corrected chi connectivity index (χ1v) is 17.6. The first-order valence-electron chi connectivity index (χ1n) is 16.8. The Kier molecular flexibility index (Phi) is 5.57. The highest BCUT2D eigenvalue weighted by Gasteiger charge is 2.21. The van der Waals surface area contributed by atoms with Crippen molar-refractivity contribution < 1.29 is 0 Å². The summed E-state index contributed by atoms with van der Waals surface area (Å²) in [5, 5.41) is 10.2. The molecule has 8 aromatic carbocycles. The predicted molar refractivity (Wildman–Crippen MR) is 211 cm³/mol. The second-order valence-corrected chi connectivity index (χ2v) is 14.0. The van der Waals surface area contributed by atoms with Crippen LogP contribution in [0.4, 0.5) is 0 Å². The molecule has 0 aliphatic rings. The van der Waals surface area contributed by atoms with Gasteiger partial charge in [0.2, 0.25) is 0 Å². The molecule has 0 spiro atoms. The van der Waals surface area contributed by atoms with Crippen LogP contribution in [0.3, 0.4) is 0 Å². The fourth-order valence-electron chi connectivity index (χ4n) is 8.14. The number of nitrogens with zero attached hydrogens (tertiary/aromatic N) is 2. The Hall–Kier alpha value is -6.16. The van der Waals surface area contributed by atoms with E-state index >= 15 is 0 Å². The summed E-state index contributed by atoms with van der Waals surface area (Å²) >= 11 is 1.88. The van der Waals surface area contributed by atoms with Gasteiger partial charge in [-0.1, -0.05) is 121 Å². The maximum absolute atomic E-state index is 2.48. The van der Waals surface area contributed by atoms with E-state index in [2.05, 4.69) is 179 Å². The first-order chi connectivity index (χ1) is 24.3. The highest BCUT2D eigenvalue weighted by molar-refractivity contribution is 7.26. The van der Waals surface area contributed by atoms with Crippen molar-refractivity contribution in [1.82, 2.24) is 9.13 Å². The molecule has 0 aliphatic heterocycles. The normalized spacial score (nSPS) is 12.1. The van der Waals surface area contributed by atoms with E-state index in [1.807, 2.05) is 11.3 Å². The van der Waals surface area contributed by atoms with Gasteiger partial charge in [-0.25, -0.2) is 0 Å². The number of fused-ring (bicyclic) bond motifs is 11. The first kappa shape index (κ1) is 26.9. The average molecular weight is 641 g/mol. The number of hydrogen-bond acceptors (Lipinski definition) is 1. The summed E-state index contributed by atoms with van der Waals surface area (Å²) in [6, 6.07) is 62.4. The predicted octanol–water partition coefficient (Wildman–Crippen LogP) is 13.1. The Morgan fingerprint density at radius 3 is 1.92 bits per heavy atom. The minimum absolute atomic E-state index is 1.16. The summed E-state index contributed by atoms with van der Waals surface area (Å²) in [7, 11) is 0. The lowest BCUT2D eigenvalue weighted by Crippen LogP contribution is -1.95. The summed E-state index contributed by atoms with van der Waals surface area (Å²) in [4.78, 5) is 0. The molecule has 0 bridgehead atoms. The van der Waals surface area contributed by atoms with Crippen LogP contribution in [0.2, 0.25) is 0 Å². The smallest absolute Gasteiger partial charge is 0.0641 e. The van der Waals surface area contributed by atoms with E-state index < -0.39 is 0 Å². The van der Waals surface area contributed by atoms with Crippen molar-refractivity contribution in [3.63, 3.8) is 0 Å². The van der Waals surface area contributed by atoms with E-state index in [0.717, 1.165) is 5.69 Å². The van der Waals surface area contributed by atoms with Gasteiger partial charge in [0.25, 0.3) is 0 Å². The summed E-state index contributed by atoms with van der Waals surface area (Å²) in [5.41, 5.74) is 9.74. The fourth-order valence-corrected chi connectivity index (χ4v) is 9.37. The van der Waals surface area contributed by atoms with Crippen LogP contribution in [0.25, 0.3) is 97.1 Å². The lowest BCUT2D eigenvalue weighted by atomic mass is 10.0. The Balaban J connectivity index is 1.16. The summed E-state index contributed by atoms with van der Waals surface area (Å²) < 4.78 is 7.60. The second-order valence-electron chi connectivity index (χ2n) is 12.9. The highest BCUT2D eigenvalue weighted by Crippen LogP contribution is 2.43. The number of thiophene rings is 1. The van der Waals surface area contributed by atoms with Crippen LogP contribution in [0.15, 0.2) is 170 Å². The van der Waals surface area contributed by atoms with Crippen LogP contribution in [-0.2, 0) is 0 Å². The van der Waals surface area contributed by atoms with E-state index in [1.54, 1.807) is 0 Å². The van der Waals surface area contributed by atoms with Crippen molar-refractivity contribution in [2.45, 2.75) is 0 Å². The molecule has 11 aromatic rings. The van der Waals surface area contributed by atoms with Crippen molar-refractivity contribution in [1.29, 1.82) is 0 Å². The molecule has 3 heteroatoms. The minimum Gasteiger partial charge on any atom is -0.309 e. The largest absolute Gasteiger partial charge is 0.309 e. The van der Waals surface area contributed by atoms with Crippen molar-refractivity contribution in [2.24, 2.45) is 0 Å². The molecule has 3 heterocycles. The van der Waals surface area contributed by atoms with E-state index in [-0.39, 0.29) is 0 Å². The molecule has 11 rings (SSSR count). The number of rotatable bonds is 3. The zero-order valence-corrected chi connectivity index (χ0v) is 27.3. The van der Waals surface area contributed by atoms with Gasteiger partial charge in [-0.05, 0) is 70.4 Å². The quantitative estimate of drug-likeness (QED) is 0.182. The topological polar surface area (TPSA) is 9.86 Å². The number of para-hydroxylation sites is 2. The van der Waals surface area contributed by atoms with Gasteiger partial charge < -0.3 is 9.13 Å². The Morgan fingerprint density at radius 2 is 1.06 bits per heavy atom.